The lowest BCUT2D eigenvalue weighted by Crippen LogP contribution is -2.16. The lowest BCUT2D eigenvalue weighted by Gasteiger charge is -2.09. The highest BCUT2D eigenvalue weighted by Gasteiger charge is 2.31. The lowest BCUT2D eigenvalue weighted by molar-refractivity contribution is 0.101. The van der Waals surface area contributed by atoms with Gasteiger partial charge in [0.25, 0.3) is 5.91 Å². The molecule has 0 aliphatic heterocycles. The van der Waals surface area contributed by atoms with Gasteiger partial charge in [0.05, 0.1) is 11.4 Å². The third kappa shape index (κ3) is 4.01. The van der Waals surface area contributed by atoms with Crippen molar-refractivity contribution in [2.24, 2.45) is 7.05 Å². The molecule has 2 aromatic carbocycles. The van der Waals surface area contributed by atoms with Crippen LogP contribution < -0.4 is 5.32 Å². The lowest BCUT2D eigenvalue weighted by atomic mass is 10.1. The second-order valence-electron chi connectivity index (χ2n) is 5.78. The Morgan fingerprint density at radius 2 is 1.71 bits per heavy atom. The van der Waals surface area contributed by atoms with Crippen LogP contribution in [0, 0.1) is 17.5 Å². The molecule has 4 nitrogen and oxygen atoms in total. The molecular weight excluding hydrogens is 496 g/mol. The minimum atomic E-state index is -3.19. The predicted molar refractivity (Wildman–Crippen MR) is 101 cm³/mol. The molecule has 1 aromatic heterocycles. The molecule has 3 rings (SSSR count). The van der Waals surface area contributed by atoms with E-state index in [0.29, 0.717) is 0 Å². The quantitative estimate of drug-likeness (QED) is 0.299. The molecule has 0 spiro atoms. The van der Waals surface area contributed by atoms with Crippen LogP contribution in [0.2, 0.25) is 0 Å². The molecule has 1 heterocycles. The van der Waals surface area contributed by atoms with Crippen molar-refractivity contribution in [3.8, 4) is 11.3 Å². The highest BCUT2D eigenvalue weighted by Crippen LogP contribution is 2.36. The summed E-state index contributed by atoms with van der Waals surface area (Å²) in [5.74, 6) is -4.24. The summed E-state index contributed by atoms with van der Waals surface area (Å²) in [6, 6.07) is 7.55. The van der Waals surface area contributed by atoms with Gasteiger partial charge in [0.2, 0.25) is 0 Å². The summed E-state index contributed by atoms with van der Waals surface area (Å²) in [4.78, 5) is 12.1. The van der Waals surface area contributed by atoms with Gasteiger partial charge in [0.1, 0.15) is 28.7 Å². The molecule has 0 bridgehead atoms. The van der Waals surface area contributed by atoms with Gasteiger partial charge in [-0.3, -0.25) is 9.48 Å². The number of nitrogens with one attached hydrogen (secondary N) is 1. The number of aromatic nitrogens is 2. The second kappa shape index (κ2) is 7.49. The van der Waals surface area contributed by atoms with Gasteiger partial charge >= 0.3 is 3.93 Å². The summed E-state index contributed by atoms with van der Waals surface area (Å²) in [7, 11) is 1.43. The zero-order chi connectivity index (χ0) is 20.6. The summed E-state index contributed by atoms with van der Waals surface area (Å²) in [5, 5.41) is 5.79. The van der Waals surface area contributed by atoms with Crippen molar-refractivity contribution in [3.05, 3.63) is 71.2 Å². The molecule has 0 atom stereocenters. The number of carbonyl (C=O) groups excluding carboxylic acids is 1. The van der Waals surface area contributed by atoms with Crippen molar-refractivity contribution >= 4 is 34.2 Å². The van der Waals surface area contributed by atoms with E-state index in [2.05, 4.69) is 10.4 Å². The van der Waals surface area contributed by atoms with Crippen LogP contribution in [0.5, 0.6) is 0 Å². The van der Waals surface area contributed by atoms with Crippen molar-refractivity contribution in [2.45, 2.75) is 3.93 Å². The van der Waals surface area contributed by atoms with Crippen molar-refractivity contribution in [1.82, 2.24) is 9.78 Å². The molecule has 3 aromatic rings. The summed E-state index contributed by atoms with van der Waals surface area (Å²) in [6.07, 6.45) is 0. The number of aryl methyl sites for hydroxylation is 1. The number of rotatable bonds is 4. The Balaban J connectivity index is 1.90. The number of carbonyl (C=O) groups is 1. The van der Waals surface area contributed by atoms with E-state index in [0.717, 1.165) is 59.0 Å². The molecule has 0 saturated carbocycles. The summed E-state index contributed by atoms with van der Waals surface area (Å²) in [6.45, 7) is 0. The Hall–Kier alpha value is -2.50. The standard InChI is InChI=1S/C18H11F5IN3O/c1-27-14(8-15(26-27)18(22,23)24)9-5-6-13(12(21)7-9)25-17(28)16-10(19)3-2-4-11(16)20/h2-8H,1H3,(H,25,28). The first-order chi connectivity index (χ1) is 13.1. The van der Waals surface area contributed by atoms with Gasteiger partial charge in [0, 0.05) is 35.2 Å². The first kappa shape index (κ1) is 20.2. The van der Waals surface area contributed by atoms with E-state index in [1.807, 2.05) is 0 Å². The molecule has 0 fully saturated rings. The monoisotopic (exact) mass is 507 g/mol. The Morgan fingerprint density at radius 3 is 2.25 bits per heavy atom. The molecule has 0 saturated heterocycles. The van der Waals surface area contributed by atoms with E-state index >= 15 is 0 Å². The Morgan fingerprint density at radius 1 is 1.07 bits per heavy atom. The van der Waals surface area contributed by atoms with Gasteiger partial charge in [-0.2, -0.15) is 13.9 Å². The summed E-state index contributed by atoms with van der Waals surface area (Å²) < 4.78 is 66.5. The van der Waals surface area contributed by atoms with Gasteiger partial charge in [-0.1, -0.05) is 12.1 Å². The smallest absolute Gasteiger partial charge is 0.319 e. The molecule has 28 heavy (non-hydrogen) atoms. The molecule has 10 heteroatoms. The summed E-state index contributed by atoms with van der Waals surface area (Å²) in [5.41, 5.74) is -1.19. The van der Waals surface area contributed by atoms with E-state index in [1.165, 1.54) is 17.8 Å². The highest BCUT2D eigenvalue weighted by molar-refractivity contribution is 14.1. The number of hydrogen-bond acceptors (Lipinski definition) is 2. The van der Waals surface area contributed by atoms with Crippen LogP contribution in [0.1, 0.15) is 16.1 Å². The van der Waals surface area contributed by atoms with Crippen LogP contribution in [0.4, 0.5) is 27.6 Å². The molecule has 146 valence electrons. The minimum Gasteiger partial charge on any atom is -0.319 e. The number of alkyl halides is 3. The van der Waals surface area contributed by atoms with Crippen molar-refractivity contribution in [3.63, 3.8) is 0 Å². The molecule has 1 amide bonds. The number of halogens is 6. The van der Waals surface area contributed by atoms with Crippen molar-refractivity contribution in [2.75, 3.05) is 5.32 Å². The van der Waals surface area contributed by atoms with Crippen LogP contribution in [-0.4, -0.2) is 15.7 Å². The van der Waals surface area contributed by atoms with E-state index in [4.69, 9.17) is 0 Å². The summed E-state index contributed by atoms with van der Waals surface area (Å²) >= 11 is 0.936. The molecule has 0 unspecified atom stereocenters. The number of benzene rings is 2. The molecule has 0 aliphatic carbocycles. The van der Waals surface area contributed by atoms with Crippen molar-refractivity contribution < 1.29 is 26.7 Å². The third-order valence-corrected chi connectivity index (χ3v) is 4.43. The van der Waals surface area contributed by atoms with E-state index in [1.54, 1.807) is 0 Å². The van der Waals surface area contributed by atoms with Crippen LogP contribution >= 0.6 is 22.6 Å². The zero-order valence-electron chi connectivity index (χ0n) is 14.1. The number of amides is 1. The van der Waals surface area contributed by atoms with Gasteiger partial charge in [-0.05, 0) is 30.3 Å². The second-order valence-corrected chi connectivity index (χ2v) is 7.14. The van der Waals surface area contributed by atoms with Crippen molar-refractivity contribution in [1.29, 1.82) is 0 Å². The third-order valence-electron chi connectivity index (χ3n) is 3.87. The number of anilines is 1. The topological polar surface area (TPSA) is 46.9 Å². The maximum absolute atomic E-state index is 14.4. The van der Waals surface area contributed by atoms with E-state index in [9.17, 15) is 26.7 Å². The SMILES string of the molecule is Cn1nc(C(F)(F)I)cc1-c1ccc(NC(=O)c2c(F)cccc2F)c(F)c1. The average Bonchev–Trinajstić information content (AvgIpc) is 2.99. The van der Waals surface area contributed by atoms with E-state index in [-0.39, 0.29) is 16.9 Å². The minimum absolute atomic E-state index is 0.225. The number of hydrogen-bond donors (Lipinski definition) is 1. The fourth-order valence-electron chi connectivity index (χ4n) is 2.55. The maximum Gasteiger partial charge on any atom is 0.339 e. The Bertz CT molecular complexity index is 1040. The fraction of sp³-hybridized carbons (Fsp3) is 0.111. The highest BCUT2D eigenvalue weighted by atomic mass is 127. The molecular formula is C18H11F5IN3O. The first-order valence-electron chi connectivity index (χ1n) is 7.74. The zero-order valence-corrected chi connectivity index (χ0v) is 16.3. The molecule has 1 N–H and O–H groups in total. The first-order valence-corrected chi connectivity index (χ1v) is 8.82. The van der Waals surface area contributed by atoms with Crippen LogP contribution in [0.15, 0.2) is 42.5 Å². The van der Waals surface area contributed by atoms with Gasteiger partial charge in [-0.15, -0.1) is 0 Å². The van der Waals surface area contributed by atoms with Gasteiger partial charge in [0.15, 0.2) is 0 Å². The largest absolute Gasteiger partial charge is 0.339 e. The molecule has 0 radical (unpaired) electrons. The van der Waals surface area contributed by atoms with Crippen LogP contribution in [-0.2, 0) is 11.0 Å². The van der Waals surface area contributed by atoms with E-state index < -0.39 is 38.5 Å². The normalized spacial score (nSPS) is 11.5. The Labute approximate surface area is 169 Å². The van der Waals surface area contributed by atoms with Gasteiger partial charge < -0.3 is 5.32 Å². The van der Waals surface area contributed by atoms with Crippen LogP contribution in [0.25, 0.3) is 11.3 Å². The number of nitrogens with zero attached hydrogens (tertiary/aromatic N) is 2. The fourth-order valence-corrected chi connectivity index (χ4v) is 2.81. The maximum atomic E-state index is 14.4. The van der Waals surface area contributed by atoms with Gasteiger partial charge in [-0.25, -0.2) is 13.2 Å². The molecule has 0 aliphatic rings. The Kier molecular flexibility index (Phi) is 5.41. The van der Waals surface area contributed by atoms with Crippen LogP contribution in [0.3, 0.4) is 0 Å². The average molecular weight is 507 g/mol. The predicted octanol–water partition coefficient (Wildman–Crippen LogP) is 5.24.